The Kier molecular flexibility index (Phi) is 9.00. The molecule has 7 heteroatoms. The van der Waals surface area contributed by atoms with Crippen LogP contribution in [0.4, 0.5) is 0 Å². The van der Waals surface area contributed by atoms with Gasteiger partial charge in [0.2, 0.25) is 0 Å². The van der Waals surface area contributed by atoms with Crippen LogP contribution < -0.4 is 14.2 Å². The Morgan fingerprint density at radius 3 is 2.00 bits per heavy atom. The third-order valence-corrected chi connectivity index (χ3v) is 3.54. The fourth-order valence-electron chi connectivity index (χ4n) is 2.23. The van der Waals surface area contributed by atoms with E-state index in [2.05, 4.69) is 0 Å². The van der Waals surface area contributed by atoms with E-state index in [0.29, 0.717) is 22.8 Å². The summed E-state index contributed by atoms with van der Waals surface area (Å²) in [7, 11) is 4.59. The molecule has 0 radical (unpaired) electrons. The van der Waals surface area contributed by atoms with Crippen molar-refractivity contribution in [3.63, 3.8) is 0 Å². The molecule has 2 aromatic carbocycles. The molecule has 2 rings (SSSR count). The lowest BCUT2D eigenvalue weighted by molar-refractivity contribution is 0.0456. The minimum absolute atomic E-state index is 0.0145. The van der Waals surface area contributed by atoms with Crippen molar-refractivity contribution in [3.8, 4) is 17.2 Å². The van der Waals surface area contributed by atoms with Gasteiger partial charge in [-0.25, -0.2) is 0 Å². The van der Waals surface area contributed by atoms with Crippen molar-refractivity contribution < 1.29 is 33.2 Å². The molecule has 0 saturated carbocycles. The molecular formula is C21H24O7. The van der Waals surface area contributed by atoms with Crippen LogP contribution in [0.3, 0.4) is 0 Å². The van der Waals surface area contributed by atoms with Crippen LogP contribution >= 0.6 is 0 Å². The van der Waals surface area contributed by atoms with Gasteiger partial charge in [-0.15, -0.1) is 0 Å². The molecule has 2 aromatic rings. The quantitative estimate of drug-likeness (QED) is 0.313. The maximum Gasteiger partial charge on any atom is 0.189 e. The van der Waals surface area contributed by atoms with E-state index < -0.39 is 0 Å². The van der Waals surface area contributed by atoms with E-state index in [1.165, 1.54) is 20.3 Å². The van der Waals surface area contributed by atoms with E-state index >= 15 is 0 Å². The summed E-state index contributed by atoms with van der Waals surface area (Å²) in [5.41, 5.74) is 1.26. The molecule has 28 heavy (non-hydrogen) atoms. The fourth-order valence-corrected chi connectivity index (χ4v) is 2.23. The van der Waals surface area contributed by atoms with Gasteiger partial charge in [0.1, 0.15) is 17.2 Å². The third-order valence-electron chi connectivity index (χ3n) is 3.54. The molecule has 0 aliphatic carbocycles. The lowest BCUT2D eigenvalue weighted by atomic mass is 10.1. The summed E-state index contributed by atoms with van der Waals surface area (Å²) in [6.45, 7) is 0.295. The smallest absolute Gasteiger partial charge is 0.189 e. The summed E-state index contributed by atoms with van der Waals surface area (Å²) in [6, 6.07) is 12.3. The molecule has 0 saturated heterocycles. The molecule has 7 nitrogen and oxygen atoms in total. The maximum atomic E-state index is 12.6. The van der Waals surface area contributed by atoms with E-state index in [9.17, 15) is 4.79 Å². The van der Waals surface area contributed by atoms with Gasteiger partial charge < -0.3 is 28.4 Å². The summed E-state index contributed by atoms with van der Waals surface area (Å²) >= 11 is 0. The van der Waals surface area contributed by atoms with Gasteiger partial charge in [0.15, 0.2) is 26.2 Å². The molecule has 0 amide bonds. The van der Waals surface area contributed by atoms with Crippen molar-refractivity contribution in [2.45, 2.75) is 0 Å². The summed E-state index contributed by atoms with van der Waals surface area (Å²) < 4.78 is 30.9. The summed E-state index contributed by atoms with van der Waals surface area (Å²) in [6.07, 6.45) is 3.20. The van der Waals surface area contributed by atoms with Crippen LogP contribution in [0.15, 0.2) is 48.5 Å². The minimum atomic E-state index is -0.205. The first-order valence-corrected chi connectivity index (χ1v) is 8.49. The molecular weight excluding hydrogens is 364 g/mol. The van der Waals surface area contributed by atoms with Gasteiger partial charge in [0, 0.05) is 27.4 Å². The zero-order valence-electron chi connectivity index (χ0n) is 16.2. The number of hydrogen-bond acceptors (Lipinski definition) is 7. The van der Waals surface area contributed by atoms with E-state index in [1.807, 2.05) is 12.1 Å². The molecule has 0 atom stereocenters. The van der Waals surface area contributed by atoms with Crippen molar-refractivity contribution in [1.29, 1.82) is 0 Å². The molecule has 0 bridgehead atoms. The van der Waals surface area contributed by atoms with Gasteiger partial charge in [-0.2, -0.15) is 0 Å². The van der Waals surface area contributed by atoms with E-state index in [0.717, 1.165) is 5.56 Å². The highest BCUT2D eigenvalue weighted by atomic mass is 16.7. The summed E-state index contributed by atoms with van der Waals surface area (Å²) in [4.78, 5) is 12.6. The van der Waals surface area contributed by atoms with Gasteiger partial charge in [-0.1, -0.05) is 18.2 Å². The summed E-state index contributed by atoms with van der Waals surface area (Å²) in [5.74, 6) is 1.38. The molecule has 0 aliphatic heterocycles. The molecule has 0 aromatic heterocycles. The normalized spacial score (nSPS) is 10.8. The largest absolute Gasteiger partial charge is 0.468 e. The van der Waals surface area contributed by atoms with Gasteiger partial charge in [-0.05, 0) is 35.9 Å². The van der Waals surface area contributed by atoms with Crippen molar-refractivity contribution in [2.24, 2.45) is 0 Å². The Hall–Kier alpha value is -2.87. The van der Waals surface area contributed by atoms with Crippen LogP contribution in [0.2, 0.25) is 0 Å². The van der Waals surface area contributed by atoms with E-state index in [-0.39, 0.29) is 26.2 Å². The highest BCUT2D eigenvalue weighted by Crippen LogP contribution is 2.26. The highest BCUT2D eigenvalue weighted by Gasteiger charge is 2.12. The molecule has 0 unspecified atom stereocenters. The number of carbonyl (C=O) groups excluding carboxylic acids is 1. The van der Waals surface area contributed by atoms with Gasteiger partial charge in [0.25, 0.3) is 0 Å². The number of rotatable bonds is 12. The Bertz CT molecular complexity index is 769. The van der Waals surface area contributed by atoms with Gasteiger partial charge >= 0.3 is 0 Å². The first-order chi connectivity index (χ1) is 13.7. The predicted octanol–water partition coefficient (Wildman–Crippen LogP) is 3.53. The van der Waals surface area contributed by atoms with Crippen LogP contribution in [0.25, 0.3) is 6.08 Å². The van der Waals surface area contributed by atoms with Crippen LogP contribution in [0.1, 0.15) is 15.9 Å². The van der Waals surface area contributed by atoms with Crippen molar-refractivity contribution in [3.05, 3.63) is 59.7 Å². The lowest BCUT2D eigenvalue weighted by Crippen LogP contribution is -2.06. The molecule has 0 aliphatic rings. The standard InChI is InChI=1S/C21H24O7/c1-23-13-26-17-7-4-16(5-8-17)6-11-20(22)19-10-9-18(27-14-24-2)12-21(19)28-15-25-3/h4-12H,13-15H2,1-3H3. The number of allylic oxidation sites excluding steroid dienone is 1. The molecule has 0 heterocycles. The van der Waals surface area contributed by atoms with Gasteiger partial charge in [-0.3, -0.25) is 4.79 Å². The first-order valence-electron chi connectivity index (χ1n) is 8.49. The Morgan fingerprint density at radius 2 is 1.36 bits per heavy atom. The average Bonchev–Trinajstić information content (AvgIpc) is 2.73. The Morgan fingerprint density at radius 1 is 0.786 bits per heavy atom. The summed E-state index contributed by atoms with van der Waals surface area (Å²) in [5, 5.41) is 0. The second kappa shape index (κ2) is 11.8. The third kappa shape index (κ3) is 6.70. The number of hydrogen-bond donors (Lipinski definition) is 0. The number of carbonyl (C=O) groups is 1. The topological polar surface area (TPSA) is 72.5 Å². The SMILES string of the molecule is COCOc1ccc(C=CC(=O)c2ccc(OCOC)cc2OCOC)cc1. The molecule has 0 spiro atoms. The van der Waals surface area contributed by atoms with Crippen molar-refractivity contribution in [2.75, 3.05) is 41.7 Å². The molecule has 0 fully saturated rings. The first kappa shape index (κ1) is 21.4. The lowest BCUT2D eigenvalue weighted by Gasteiger charge is -2.11. The van der Waals surface area contributed by atoms with Crippen molar-refractivity contribution in [1.82, 2.24) is 0 Å². The monoisotopic (exact) mass is 388 g/mol. The molecule has 150 valence electrons. The second-order valence-corrected chi connectivity index (χ2v) is 5.58. The van der Waals surface area contributed by atoms with Crippen LogP contribution in [-0.2, 0) is 14.2 Å². The number of ketones is 1. The number of ether oxygens (including phenoxy) is 6. The predicted molar refractivity (Wildman–Crippen MR) is 104 cm³/mol. The fraction of sp³-hybridized carbons (Fsp3) is 0.286. The van der Waals surface area contributed by atoms with Gasteiger partial charge in [0.05, 0.1) is 5.56 Å². The van der Waals surface area contributed by atoms with E-state index in [1.54, 1.807) is 43.5 Å². The minimum Gasteiger partial charge on any atom is -0.468 e. The van der Waals surface area contributed by atoms with Crippen LogP contribution in [0, 0.1) is 0 Å². The van der Waals surface area contributed by atoms with Crippen LogP contribution in [-0.4, -0.2) is 47.5 Å². The number of benzene rings is 2. The second-order valence-electron chi connectivity index (χ2n) is 5.58. The highest BCUT2D eigenvalue weighted by molar-refractivity contribution is 6.08. The molecule has 0 N–H and O–H groups in total. The number of methoxy groups -OCH3 is 3. The van der Waals surface area contributed by atoms with E-state index in [4.69, 9.17) is 28.4 Å². The zero-order valence-corrected chi connectivity index (χ0v) is 16.2. The zero-order chi connectivity index (χ0) is 20.2. The average molecular weight is 388 g/mol. The maximum absolute atomic E-state index is 12.6. The Labute approximate surface area is 164 Å². The van der Waals surface area contributed by atoms with Crippen molar-refractivity contribution >= 4 is 11.9 Å². The Balaban J connectivity index is 2.11. The van der Waals surface area contributed by atoms with Crippen LogP contribution in [0.5, 0.6) is 17.2 Å².